The third-order valence-corrected chi connectivity index (χ3v) is 5.09. The summed E-state index contributed by atoms with van der Waals surface area (Å²) in [4.78, 5) is 11.0. The van der Waals surface area contributed by atoms with Crippen molar-refractivity contribution >= 4 is 5.82 Å². The molecule has 0 radical (unpaired) electrons. The summed E-state index contributed by atoms with van der Waals surface area (Å²) < 4.78 is 11.2. The minimum atomic E-state index is -0.0785. The van der Waals surface area contributed by atoms with Gasteiger partial charge in [0.05, 0.1) is 24.4 Å². The summed E-state index contributed by atoms with van der Waals surface area (Å²) in [7, 11) is 0. The fourth-order valence-electron chi connectivity index (χ4n) is 4.02. The molecule has 2 aromatic heterocycles. The Kier molecular flexibility index (Phi) is 3.84. The third kappa shape index (κ3) is 2.50. The van der Waals surface area contributed by atoms with E-state index in [1.54, 1.807) is 12.4 Å². The first-order valence-electron chi connectivity index (χ1n) is 8.32. The molecule has 1 saturated carbocycles. The number of fused-ring (bicyclic) bond motifs is 1. The first-order valence-corrected chi connectivity index (χ1v) is 8.32. The fourth-order valence-corrected chi connectivity index (χ4v) is 4.02. The van der Waals surface area contributed by atoms with Crippen LogP contribution in [0.1, 0.15) is 31.0 Å². The van der Waals surface area contributed by atoms with E-state index in [0.29, 0.717) is 17.7 Å². The maximum atomic E-state index is 8.87. The summed E-state index contributed by atoms with van der Waals surface area (Å²) in [5.41, 5.74) is -0.0785. The predicted molar refractivity (Wildman–Crippen MR) is 84.9 cm³/mol. The van der Waals surface area contributed by atoms with Gasteiger partial charge in [0.25, 0.3) is 0 Å². The summed E-state index contributed by atoms with van der Waals surface area (Å²) in [6, 6.07) is 0. The molecule has 0 amide bonds. The van der Waals surface area contributed by atoms with E-state index in [4.69, 9.17) is 14.3 Å². The van der Waals surface area contributed by atoms with E-state index in [1.807, 2.05) is 6.92 Å². The van der Waals surface area contributed by atoms with Crippen molar-refractivity contribution in [2.24, 2.45) is 5.92 Å². The Morgan fingerprint density at radius 2 is 2.33 bits per heavy atom. The molecule has 4 rings (SSSR count). The van der Waals surface area contributed by atoms with Crippen molar-refractivity contribution in [1.29, 1.82) is 0 Å². The van der Waals surface area contributed by atoms with Crippen LogP contribution in [0.2, 0.25) is 0 Å². The number of aliphatic hydroxyl groups excluding tert-OH is 1. The Morgan fingerprint density at radius 1 is 1.42 bits per heavy atom. The molecule has 3 heterocycles. The van der Waals surface area contributed by atoms with E-state index in [0.717, 1.165) is 37.6 Å². The molecule has 0 spiro atoms. The molecule has 128 valence electrons. The van der Waals surface area contributed by atoms with Crippen LogP contribution in [0.15, 0.2) is 16.8 Å². The molecule has 2 atom stereocenters. The average Bonchev–Trinajstić information content (AvgIpc) is 3.26. The van der Waals surface area contributed by atoms with E-state index in [9.17, 15) is 0 Å². The number of hydrogen-bond acceptors (Lipinski definition) is 8. The highest BCUT2D eigenvalue weighted by molar-refractivity contribution is 5.43. The third-order valence-electron chi connectivity index (χ3n) is 5.09. The minimum absolute atomic E-state index is 0.0443. The maximum absolute atomic E-state index is 8.87. The molecule has 2 aliphatic rings. The molecule has 2 fully saturated rings. The molecular formula is C16H21N5O3. The number of aryl methyl sites for hydroxylation is 1. The lowest BCUT2D eigenvalue weighted by atomic mass is 9.80. The molecule has 0 aromatic carbocycles. The molecule has 8 nitrogen and oxygen atoms in total. The highest BCUT2D eigenvalue weighted by Crippen LogP contribution is 2.50. The quantitative estimate of drug-likeness (QED) is 0.870. The van der Waals surface area contributed by atoms with Crippen molar-refractivity contribution in [2.45, 2.75) is 31.6 Å². The Hall–Kier alpha value is -2.22. The first-order chi connectivity index (χ1) is 11.7. The normalized spacial score (nSPS) is 25.9. The van der Waals surface area contributed by atoms with Crippen LogP contribution in [0.5, 0.6) is 5.88 Å². The number of aliphatic hydroxyl groups is 1. The number of ether oxygens (including phenoxy) is 1. The predicted octanol–water partition coefficient (Wildman–Crippen LogP) is 1.10. The number of aromatic nitrogens is 4. The molecule has 1 saturated heterocycles. The van der Waals surface area contributed by atoms with Gasteiger partial charge >= 0.3 is 0 Å². The second kappa shape index (κ2) is 6.01. The minimum Gasteiger partial charge on any atom is -0.474 e. The fraction of sp³-hybridized carbons (Fsp3) is 0.625. The lowest BCUT2D eigenvalue weighted by Gasteiger charge is -2.24. The van der Waals surface area contributed by atoms with Crippen LogP contribution in [0, 0.1) is 12.8 Å². The monoisotopic (exact) mass is 331 g/mol. The Labute approximate surface area is 139 Å². The molecule has 0 bridgehead atoms. The zero-order chi connectivity index (χ0) is 16.6. The number of anilines is 1. The largest absolute Gasteiger partial charge is 0.474 e. The van der Waals surface area contributed by atoms with Crippen LogP contribution in [-0.2, 0) is 5.41 Å². The van der Waals surface area contributed by atoms with Crippen molar-refractivity contribution in [3.8, 4) is 5.88 Å². The lowest BCUT2D eigenvalue weighted by Crippen LogP contribution is -2.32. The van der Waals surface area contributed by atoms with Gasteiger partial charge in [0.2, 0.25) is 17.7 Å². The number of hydrogen-bond donors (Lipinski definition) is 1. The zero-order valence-electron chi connectivity index (χ0n) is 13.7. The molecule has 1 N–H and O–H groups in total. The zero-order valence-corrected chi connectivity index (χ0v) is 13.7. The Morgan fingerprint density at radius 3 is 3.12 bits per heavy atom. The van der Waals surface area contributed by atoms with Crippen LogP contribution in [0.25, 0.3) is 0 Å². The summed E-state index contributed by atoms with van der Waals surface area (Å²) in [6.45, 7) is 3.71. The van der Waals surface area contributed by atoms with Crippen LogP contribution >= 0.6 is 0 Å². The van der Waals surface area contributed by atoms with Gasteiger partial charge in [0, 0.05) is 20.0 Å². The van der Waals surface area contributed by atoms with Crippen LogP contribution in [0.3, 0.4) is 0 Å². The Bertz CT molecular complexity index is 721. The molecule has 1 aliphatic heterocycles. The van der Waals surface area contributed by atoms with E-state index in [2.05, 4.69) is 25.1 Å². The first kappa shape index (κ1) is 15.3. The highest BCUT2D eigenvalue weighted by Gasteiger charge is 2.54. The van der Waals surface area contributed by atoms with Gasteiger partial charge in [-0.3, -0.25) is 4.98 Å². The van der Waals surface area contributed by atoms with Crippen molar-refractivity contribution in [3.05, 3.63) is 24.2 Å². The standard InChI is InChI=1S/C16H21N5O3/c1-11-19-20-15(24-11)16-4-2-3-12(16)9-21(10-16)13-7-17-8-14(18-13)23-6-5-22/h7-8,12,22H,2-6,9-10H2,1H3/t12-,16-/m0/s1. The van der Waals surface area contributed by atoms with Gasteiger partial charge in [-0.15, -0.1) is 10.2 Å². The molecule has 24 heavy (non-hydrogen) atoms. The van der Waals surface area contributed by atoms with E-state index >= 15 is 0 Å². The van der Waals surface area contributed by atoms with Gasteiger partial charge in [0.15, 0.2) is 5.82 Å². The molecule has 1 aliphatic carbocycles. The molecular weight excluding hydrogens is 310 g/mol. The number of rotatable bonds is 5. The topological polar surface area (TPSA) is 97.4 Å². The van der Waals surface area contributed by atoms with Crippen molar-refractivity contribution in [3.63, 3.8) is 0 Å². The molecule has 2 aromatic rings. The molecule has 8 heteroatoms. The maximum Gasteiger partial charge on any atom is 0.234 e. The summed E-state index contributed by atoms with van der Waals surface area (Å²) in [5.74, 6) is 3.08. The van der Waals surface area contributed by atoms with Gasteiger partial charge in [-0.05, 0) is 18.8 Å². The van der Waals surface area contributed by atoms with E-state index in [1.165, 1.54) is 6.42 Å². The summed E-state index contributed by atoms with van der Waals surface area (Å²) >= 11 is 0. The average molecular weight is 331 g/mol. The van der Waals surface area contributed by atoms with Crippen LogP contribution in [0.4, 0.5) is 5.82 Å². The molecule has 0 unspecified atom stereocenters. The van der Waals surface area contributed by atoms with Crippen molar-refractivity contribution in [2.75, 3.05) is 31.2 Å². The second-order valence-electron chi connectivity index (χ2n) is 6.54. The van der Waals surface area contributed by atoms with Crippen LogP contribution in [-0.4, -0.2) is 51.6 Å². The van der Waals surface area contributed by atoms with Crippen molar-refractivity contribution in [1.82, 2.24) is 20.2 Å². The summed E-state index contributed by atoms with van der Waals surface area (Å²) in [6.07, 6.45) is 6.72. The van der Waals surface area contributed by atoms with Gasteiger partial charge in [-0.25, -0.2) is 0 Å². The lowest BCUT2D eigenvalue weighted by molar-refractivity contribution is 0.196. The smallest absolute Gasteiger partial charge is 0.234 e. The van der Waals surface area contributed by atoms with Gasteiger partial charge in [-0.2, -0.15) is 4.98 Å². The van der Waals surface area contributed by atoms with Gasteiger partial charge < -0.3 is 19.2 Å². The SMILES string of the molecule is Cc1nnc([C@]23CCC[C@H]2CN(c2cncc(OCCO)n2)C3)o1. The second-order valence-corrected chi connectivity index (χ2v) is 6.54. The van der Waals surface area contributed by atoms with Gasteiger partial charge in [-0.1, -0.05) is 6.42 Å². The summed E-state index contributed by atoms with van der Waals surface area (Å²) in [5, 5.41) is 17.2. The van der Waals surface area contributed by atoms with Crippen LogP contribution < -0.4 is 9.64 Å². The Balaban J connectivity index is 1.59. The van der Waals surface area contributed by atoms with Gasteiger partial charge in [0.1, 0.15) is 6.61 Å². The van der Waals surface area contributed by atoms with E-state index in [-0.39, 0.29) is 18.6 Å². The number of nitrogens with zero attached hydrogens (tertiary/aromatic N) is 5. The van der Waals surface area contributed by atoms with Crippen molar-refractivity contribution < 1.29 is 14.3 Å². The highest BCUT2D eigenvalue weighted by atomic mass is 16.5. The van der Waals surface area contributed by atoms with E-state index < -0.39 is 0 Å².